The van der Waals surface area contributed by atoms with Gasteiger partial charge in [0.05, 0.1) is 6.04 Å². The quantitative estimate of drug-likeness (QED) is 0.580. The number of nitrogens with zero attached hydrogens (tertiary/aromatic N) is 1. The molecule has 1 aromatic rings. The van der Waals surface area contributed by atoms with E-state index in [0.29, 0.717) is 24.4 Å². The Hall–Kier alpha value is -1.70. The van der Waals surface area contributed by atoms with Gasteiger partial charge in [-0.15, -0.1) is 0 Å². The molecule has 0 saturated carbocycles. The standard InChI is InChI=1S/C12H20N4O3S/c1-3-8(10-13-5-6-14-10)15-12(19)16-9(11(17)18)4-7-20-2/h5-6,8-9H,3-4,7H2,1-2H3,(H,13,14)(H,17,18)(H2,15,16,19)/t8?,9-/m0/s1. The van der Waals surface area contributed by atoms with Crippen molar-refractivity contribution in [3.05, 3.63) is 18.2 Å². The van der Waals surface area contributed by atoms with Crippen LogP contribution in [0.2, 0.25) is 0 Å². The predicted molar refractivity (Wildman–Crippen MR) is 77.7 cm³/mol. The molecule has 0 bridgehead atoms. The third kappa shape index (κ3) is 5.12. The molecule has 0 spiro atoms. The Bertz CT molecular complexity index is 424. The van der Waals surface area contributed by atoms with Crippen molar-refractivity contribution in [2.45, 2.75) is 31.8 Å². The van der Waals surface area contributed by atoms with Gasteiger partial charge in [0, 0.05) is 12.4 Å². The highest BCUT2D eigenvalue weighted by atomic mass is 32.2. The fourth-order valence-corrected chi connectivity index (χ4v) is 2.15. The van der Waals surface area contributed by atoms with Crippen LogP contribution in [0.15, 0.2) is 12.4 Å². The number of carboxylic acid groups (broad SMARTS) is 1. The first-order chi connectivity index (χ1) is 9.58. The van der Waals surface area contributed by atoms with Gasteiger partial charge in [0.25, 0.3) is 0 Å². The Morgan fingerprint density at radius 3 is 2.75 bits per heavy atom. The number of imidazole rings is 1. The van der Waals surface area contributed by atoms with Crippen LogP contribution in [-0.2, 0) is 4.79 Å². The van der Waals surface area contributed by atoms with E-state index in [0.717, 1.165) is 0 Å². The summed E-state index contributed by atoms with van der Waals surface area (Å²) in [5.41, 5.74) is 0. The fraction of sp³-hybridized carbons (Fsp3) is 0.583. The number of hydrogen-bond donors (Lipinski definition) is 4. The Balaban J connectivity index is 2.53. The van der Waals surface area contributed by atoms with Crippen LogP contribution in [0.3, 0.4) is 0 Å². The molecule has 7 nitrogen and oxygen atoms in total. The average Bonchev–Trinajstić information content (AvgIpc) is 2.94. The van der Waals surface area contributed by atoms with Crippen LogP contribution < -0.4 is 10.6 Å². The second-order valence-electron chi connectivity index (χ2n) is 4.23. The molecule has 1 aromatic heterocycles. The summed E-state index contributed by atoms with van der Waals surface area (Å²) in [4.78, 5) is 29.9. The Kier molecular flexibility index (Phi) is 6.92. The molecule has 0 radical (unpaired) electrons. The molecule has 20 heavy (non-hydrogen) atoms. The summed E-state index contributed by atoms with van der Waals surface area (Å²) in [6.07, 6.45) is 6.22. The van der Waals surface area contributed by atoms with E-state index < -0.39 is 18.0 Å². The van der Waals surface area contributed by atoms with E-state index in [-0.39, 0.29) is 6.04 Å². The summed E-state index contributed by atoms with van der Waals surface area (Å²) in [7, 11) is 0. The number of aromatic amines is 1. The minimum Gasteiger partial charge on any atom is -0.480 e. The molecule has 112 valence electrons. The molecular weight excluding hydrogens is 280 g/mol. The monoisotopic (exact) mass is 300 g/mol. The Labute approximate surface area is 121 Å². The summed E-state index contributed by atoms with van der Waals surface area (Å²) in [5.74, 6) is 0.297. The first-order valence-electron chi connectivity index (χ1n) is 6.36. The van der Waals surface area contributed by atoms with Gasteiger partial charge < -0.3 is 20.7 Å². The number of aliphatic carboxylic acids is 1. The molecule has 0 aliphatic heterocycles. The number of rotatable bonds is 8. The molecule has 1 rings (SSSR count). The van der Waals surface area contributed by atoms with E-state index in [2.05, 4.69) is 20.6 Å². The van der Waals surface area contributed by atoms with Gasteiger partial charge in [0.15, 0.2) is 0 Å². The van der Waals surface area contributed by atoms with E-state index in [1.165, 1.54) is 0 Å². The van der Waals surface area contributed by atoms with Crippen LogP contribution in [0, 0.1) is 0 Å². The second-order valence-corrected chi connectivity index (χ2v) is 5.21. The number of carbonyl (C=O) groups excluding carboxylic acids is 1. The van der Waals surface area contributed by atoms with Crippen molar-refractivity contribution in [1.82, 2.24) is 20.6 Å². The molecule has 1 unspecified atom stereocenters. The molecular formula is C12H20N4O3S. The maximum atomic E-state index is 11.9. The number of thioether (sulfide) groups is 1. The fourth-order valence-electron chi connectivity index (χ4n) is 1.68. The Morgan fingerprint density at radius 2 is 2.25 bits per heavy atom. The minimum atomic E-state index is -1.03. The lowest BCUT2D eigenvalue weighted by atomic mass is 10.2. The number of amides is 2. The van der Waals surface area contributed by atoms with Crippen LogP contribution in [-0.4, -0.2) is 45.1 Å². The van der Waals surface area contributed by atoms with Gasteiger partial charge in [0.1, 0.15) is 11.9 Å². The number of H-pyrrole nitrogens is 1. The molecule has 1 heterocycles. The maximum absolute atomic E-state index is 11.9. The van der Waals surface area contributed by atoms with Gasteiger partial charge >= 0.3 is 12.0 Å². The van der Waals surface area contributed by atoms with Crippen molar-refractivity contribution < 1.29 is 14.7 Å². The van der Waals surface area contributed by atoms with Gasteiger partial charge in [-0.25, -0.2) is 14.6 Å². The predicted octanol–water partition coefficient (Wildman–Crippen LogP) is 1.37. The third-order valence-corrected chi connectivity index (χ3v) is 3.42. The summed E-state index contributed by atoms with van der Waals surface area (Å²) in [6.45, 7) is 1.91. The molecule has 0 aliphatic carbocycles. The number of carboxylic acids is 1. The smallest absolute Gasteiger partial charge is 0.326 e. The van der Waals surface area contributed by atoms with E-state index in [1.54, 1.807) is 24.2 Å². The highest BCUT2D eigenvalue weighted by Gasteiger charge is 2.21. The summed E-state index contributed by atoms with van der Waals surface area (Å²) in [5, 5.41) is 14.2. The van der Waals surface area contributed by atoms with Crippen molar-refractivity contribution in [3.63, 3.8) is 0 Å². The molecule has 2 amide bonds. The molecule has 0 aromatic carbocycles. The average molecular weight is 300 g/mol. The molecule has 2 atom stereocenters. The van der Waals surface area contributed by atoms with Crippen LogP contribution in [0.25, 0.3) is 0 Å². The normalized spacial score (nSPS) is 13.5. The zero-order valence-electron chi connectivity index (χ0n) is 11.5. The van der Waals surface area contributed by atoms with E-state index in [4.69, 9.17) is 5.11 Å². The first kappa shape index (κ1) is 16.4. The SMILES string of the molecule is CCC(NC(=O)N[C@@H](CCSC)C(=O)O)c1ncc[nH]1. The first-order valence-corrected chi connectivity index (χ1v) is 7.75. The maximum Gasteiger partial charge on any atom is 0.326 e. The third-order valence-electron chi connectivity index (χ3n) is 2.78. The highest BCUT2D eigenvalue weighted by Crippen LogP contribution is 2.11. The lowest BCUT2D eigenvalue weighted by molar-refractivity contribution is -0.139. The molecule has 8 heteroatoms. The van der Waals surface area contributed by atoms with Crippen molar-refractivity contribution in [1.29, 1.82) is 0 Å². The summed E-state index contributed by atoms with van der Waals surface area (Å²) >= 11 is 1.54. The van der Waals surface area contributed by atoms with Gasteiger partial charge in [-0.05, 0) is 24.9 Å². The summed E-state index contributed by atoms with van der Waals surface area (Å²) in [6, 6.07) is -1.64. The number of aromatic nitrogens is 2. The largest absolute Gasteiger partial charge is 0.480 e. The molecule has 0 fully saturated rings. The van der Waals surface area contributed by atoms with Crippen molar-refractivity contribution >= 4 is 23.8 Å². The van der Waals surface area contributed by atoms with E-state index in [1.807, 2.05) is 13.2 Å². The molecule has 0 saturated heterocycles. The topological polar surface area (TPSA) is 107 Å². The van der Waals surface area contributed by atoms with E-state index >= 15 is 0 Å². The van der Waals surface area contributed by atoms with Gasteiger partial charge in [0.2, 0.25) is 0 Å². The zero-order valence-corrected chi connectivity index (χ0v) is 12.4. The lowest BCUT2D eigenvalue weighted by Crippen LogP contribution is -2.47. The van der Waals surface area contributed by atoms with Crippen molar-refractivity contribution in [2.75, 3.05) is 12.0 Å². The molecule has 0 aliphatic rings. The summed E-state index contributed by atoms with van der Waals surface area (Å²) < 4.78 is 0. The van der Waals surface area contributed by atoms with Gasteiger partial charge in [-0.2, -0.15) is 11.8 Å². The Morgan fingerprint density at radius 1 is 1.50 bits per heavy atom. The van der Waals surface area contributed by atoms with Crippen LogP contribution in [0.1, 0.15) is 31.6 Å². The molecule has 4 N–H and O–H groups in total. The number of hydrogen-bond acceptors (Lipinski definition) is 4. The number of carbonyl (C=O) groups is 2. The van der Waals surface area contributed by atoms with Crippen LogP contribution in [0.4, 0.5) is 4.79 Å². The van der Waals surface area contributed by atoms with Crippen LogP contribution in [0.5, 0.6) is 0 Å². The van der Waals surface area contributed by atoms with Gasteiger partial charge in [-0.3, -0.25) is 0 Å². The van der Waals surface area contributed by atoms with Crippen LogP contribution >= 0.6 is 11.8 Å². The minimum absolute atomic E-state index is 0.264. The van der Waals surface area contributed by atoms with E-state index in [9.17, 15) is 9.59 Å². The van der Waals surface area contributed by atoms with Crippen molar-refractivity contribution in [3.8, 4) is 0 Å². The van der Waals surface area contributed by atoms with Gasteiger partial charge in [-0.1, -0.05) is 6.92 Å². The highest BCUT2D eigenvalue weighted by molar-refractivity contribution is 7.98. The van der Waals surface area contributed by atoms with Crippen molar-refractivity contribution in [2.24, 2.45) is 0 Å². The second kappa shape index (κ2) is 8.47. The number of nitrogens with one attached hydrogen (secondary N) is 3. The lowest BCUT2D eigenvalue weighted by Gasteiger charge is -2.18. The number of urea groups is 1. The zero-order chi connectivity index (χ0) is 15.0.